The molecule has 102 valence electrons. The first-order valence-corrected chi connectivity index (χ1v) is 7.62. The molecule has 4 heteroatoms. The highest BCUT2D eigenvalue weighted by molar-refractivity contribution is 7.80. The van der Waals surface area contributed by atoms with E-state index in [1.54, 1.807) is 0 Å². The van der Waals surface area contributed by atoms with Crippen molar-refractivity contribution in [1.82, 2.24) is 5.32 Å². The number of carbonyl (C=O) groups excluding carboxylic acids is 1. The zero-order valence-electron chi connectivity index (χ0n) is 11.2. The van der Waals surface area contributed by atoms with Gasteiger partial charge in [-0.2, -0.15) is 0 Å². The summed E-state index contributed by atoms with van der Waals surface area (Å²) in [4.78, 5) is 12.8. The Kier molecular flexibility index (Phi) is 4.25. The molecule has 0 aromatic rings. The maximum Gasteiger partial charge on any atom is 0.233 e. The maximum atomic E-state index is 12.4. The van der Waals surface area contributed by atoms with Gasteiger partial charge in [0.1, 0.15) is 0 Å². The maximum absolute atomic E-state index is 12.4. The van der Waals surface area contributed by atoms with Crippen molar-refractivity contribution < 1.29 is 4.79 Å². The number of nitrogens with one attached hydrogen (secondary N) is 1. The lowest BCUT2D eigenvalue weighted by atomic mass is 9.67. The number of nitrogens with two attached hydrogens (primary N) is 1. The van der Waals surface area contributed by atoms with Crippen molar-refractivity contribution in [2.24, 2.45) is 17.1 Å². The number of amides is 1. The fourth-order valence-electron chi connectivity index (χ4n) is 3.31. The first kappa shape index (κ1) is 13.8. The molecule has 2 rings (SSSR count). The third-order valence-electron chi connectivity index (χ3n) is 4.86. The molecular weight excluding hydrogens is 244 g/mol. The minimum absolute atomic E-state index is 0.0894. The zero-order valence-corrected chi connectivity index (χ0v) is 12.0. The van der Waals surface area contributed by atoms with Gasteiger partial charge < -0.3 is 11.1 Å². The summed E-state index contributed by atoms with van der Waals surface area (Å²) in [6.45, 7) is 2.21. The van der Waals surface area contributed by atoms with E-state index in [4.69, 9.17) is 18.0 Å². The van der Waals surface area contributed by atoms with Gasteiger partial charge in [-0.05, 0) is 31.6 Å². The summed E-state index contributed by atoms with van der Waals surface area (Å²) in [6.07, 6.45) is 8.74. The van der Waals surface area contributed by atoms with Crippen molar-refractivity contribution in [3.8, 4) is 0 Å². The first-order chi connectivity index (χ1) is 8.60. The summed E-state index contributed by atoms with van der Waals surface area (Å²) >= 11 is 5.10. The molecule has 0 radical (unpaired) electrons. The molecule has 0 aromatic carbocycles. The fourth-order valence-corrected chi connectivity index (χ4v) is 3.61. The smallest absolute Gasteiger partial charge is 0.233 e. The van der Waals surface area contributed by atoms with E-state index in [1.807, 2.05) is 0 Å². The minimum atomic E-state index is -0.523. The standard InChI is InChI=1S/C14H24N2OS/c1-2-10-6-3-4-7-11(10)16-13(17)14(12(15)18)8-5-9-14/h10-11H,2-9H2,1H3,(H2,15,18)(H,16,17). The lowest BCUT2D eigenvalue weighted by molar-refractivity contribution is -0.132. The predicted octanol–water partition coefficient (Wildman–Crippen LogP) is 2.53. The van der Waals surface area contributed by atoms with Gasteiger partial charge in [0.2, 0.25) is 5.91 Å². The van der Waals surface area contributed by atoms with E-state index in [-0.39, 0.29) is 5.91 Å². The average Bonchev–Trinajstić information content (AvgIpc) is 2.27. The molecule has 0 saturated heterocycles. The highest BCUT2D eigenvalue weighted by Crippen LogP contribution is 2.42. The number of hydrogen-bond acceptors (Lipinski definition) is 2. The zero-order chi connectivity index (χ0) is 13.2. The van der Waals surface area contributed by atoms with Crippen LogP contribution in [0.4, 0.5) is 0 Å². The van der Waals surface area contributed by atoms with E-state index in [0.29, 0.717) is 16.9 Å². The van der Waals surface area contributed by atoms with E-state index in [0.717, 1.165) is 32.1 Å². The Morgan fingerprint density at radius 3 is 2.50 bits per heavy atom. The van der Waals surface area contributed by atoms with Gasteiger partial charge in [-0.25, -0.2) is 0 Å². The van der Waals surface area contributed by atoms with Crippen molar-refractivity contribution in [2.75, 3.05) is 0 Å². The van der Waals surface area contributed by atoms with Gasteiger partial charge in [0.15, 0.2) is 0 Å². The molecular formula is C14H24N2OS. The van der Waals surface area contributed by atoms with Crippen LogP contribution < -0.4 is 11.1 Å². The van der Waals surface area contributed by atoms with Crippen LogP contribution in [-0.4, -0.2) is 16.9 Å². The lowest BCUT2D eigenvalue weighted by Gasteiger charge is -2.41. The third-order valence-corrected chi connectivity index (χ3v) is 5.25. The Morgan fingerprint density at radius 1 is 1.33 bits per heavy atom. The quantitative estimate of drug-likeness (QED) is 0.770. The molecule has 2 saturated carbocycles. The van der Waals surface area contributed by atoms with Crippen LogP contribution in [0.25, 0.3) is 0 Å². The molecule has 18 heavy (non-hydrogen) atoms. The monoisotopic (exact) mass is 268 g/mol. The predicted molar refractivity (Wildman–Crippen MR) is 77.2 cm³/mol. The summed E-state index contributed by atoms with van der Waals surface area (Å²) in [7, 11) is 0. The molecule has 2 aliphatic carbocycles. The van der Waals surface area contributed by atoms with Crippen molar-refractivity contribution in [3.63, 3.8) is 0 Å². The van der Waals surface area contributed by atoms with E-state index >= 15 is 0 Å². The molecule has 0 bridgehead atoms. The number of carbonyl (C=O) groups is 1. The summed E-state index contributed by atoms with van der Waals surface area (Å²) < 4.78 is 0. The summed E-state index contributed by atoms with van der Waals surface area (Å²) in [6, 6.07) is 0.336. The largest absolute Gasteiger partial charge is 0.392 e. The Morgan fingerprint density at radius 2 is 2.00 bits per heavy atom. The van der Waals surface area contributed by atoms with E-state index < -0.39 is 5.41 Å². The second-order valence-corrected chi connectivity index (χ2v) is 6.27. The number of hydrogen-bond donors (Lipinski definition) is 2. The van der Waals surface area contributed by atoms with Crippen LogP contribution in [-0.2, 0) is 4.79 Å². The molecule has 3 nitrogen and oxygen atoms in total. The van der Waals surface area contributed by atoms with Crippen molar-refractivity contribution in [1.29, 1.82) is 0 Å². The molecule has 2 aliphatic rings. The Balaban J connectivity index is 1.99. The molecule has 1 amide bonds. The van der Waals surface area contributed by atoms with Gasteiger partial charge in [0.05, 0.1) is 10.4 Å². The molecule has 2 fully saturated rings. The SMILES string of the molecule is CCC1CCCCC1NC(=O)C1(C(N)=S)CCC1. The number of rotatable bonds is 4. The fraction of sp³-hybridized carbons (Fsp3) is 0.857. The summed E-state index contributed by atoms with van der Waals surface area (Å²) in [5.41, 5.74) is 5.25. The molecule has 2 unspecified atom stereocenters. The van der Waals surface area contributed by atoms with Crippen molar-refractivity contribution >= 4 is 23.1 Å². The Hall–Kier alpha value is -0.640. The molecule has 3 N–H and O–H groups in total. The van der Waals surface area contributed by atoms with Crippen LogP contribution >= 0.6 is 12.2 Å². The van der Waals surface area contributed by atoms with Crippen LogP contribution in [0.5, 0.6) is 0 Å². The normalized spacial score (nSPS) is 30.3. The van der Waals surface area contributed by atoms with Crippen LogP contribution in [0, 0.1) is 11.3 Å². The van der Waals surface area contributed by atoms with Gasteiger partial charge in [-0.3, -0.25) is 4.79 Å². The Bertz CT molecular complexity index is 339. The summed E-state index contributed by atoms with van der Waals surface area (Å²) in [5, 5.41) is 3.24. The second kappa shape index (κ2) is 5.55. The van der Waals surface area contributed by atoms with Crippen molar-refractivity contribution in [2.45, 2.75) is 64.3 Å². The molecule has 0 aliphatic heterocycles. The van der Waals surface area contributed by atoms with E-state index in [1.165, 1.54) is 19.3 Å². The number of thiocarbonyl (C=S) groups is 1. The van der Waals surface area contributed by atoms with Crippen LogP contribution in [0.3, 0.4) is 0 Å². The lowest BCUT2D eigenvalue weighted by Crippen LogP contribution is -2.56. The molecule has 0 spiro atoms. The molecule has 2 atom stereocenters. The van der Waals surface area contributed by atoms with E-state index in [9.17, 15) is 4.79 Å². The van der Waals surface area contributed by atoms with Crippen LogP contribution in [0.1, 0.15) is 58.3 Å². The molecule has 0 heterocycles. The second-order valence-electron chi connectivity index (χ2n) is 5.83. The third kappa shape index (κ3) is 2.40. The van der Waals surface area contributed by atoms with Crippen molar-refractivity contribution in [3.05, 3.63) is 0 Å². The van der Waals surface area contributed by atoms with Crippen LogP contribution in [0.15, 0.2) is 0 Å². The first-order valence-electron chi connectivity index (χ1n) is 7.21. The van der Waals surface area contributed by atoms with Gasteiger partial charge in [-0.15, -0.1) is 0 Å². The van der Waals surface area contributed by atoms with Crippen LogP contribution in [0.2, 0.25) is 0 Å². The van der Waals surface area contributed by atoms with Gasteiger partial charge in [0.25, 0.3) is 0 Å². The highest BCUT2D eigenvalue weighted by atomic mass is 32.1. The highest BCUT2D eigenvalue weighted by Gasteiger charge is 2.47. The molecule has 0 aromatic heterocycles. The average molecular weight is 268 g/mol. The minimum Gasteiger partial charge on any atom is -0.392 e. The Labute approximate surface area is 115 Å². The van der Waals surface area contributed by atoms with Gasteiger partial charge in [0, 0.05) is 6.04 Å². The topological polar surface area (TPSA) is 55.1 Å². The van der Waals surface area contributed by atoms with Gasteiger partial charge in [-0.1, -0.05) is 44.8 Å². The van der Waals surface area contributed by atoms with E-state index in [2.05, 4.69) is 12.2 Å². The summed E-state index contributed by atoms with van der Waals surface area (Å²) in [5.74, 6) is 0.720. The van der Waals surface area contributed by atoms with Gasteiger partial charge >= 0.3 is 0 Å².